The summed E-state index contributed by atoms with van der Waals surface area (Å²) in [6.45, 7) is 4.06. The van der Waals surface area contributed by atoms with Crippen LogP contribution in [0.25, 0.3) is 11.3 Å². The zero-order chi connectivity index (χ0) is 19.9. The number of hydrogen-bond acceptors (Lipinski definition) is 5. The third-order valence-corrected chi connectivity index (χ3v) is 5.40. The Morgan fingerprint density at radius 3 is 2.54 bits per heavy atom. The first-order valence-corrected chi connectivity index (χ1v) is 10.2. The van der Waals surface area contributed by atoms with Gasteiger partial charge in [-0.25, -0.2) is 4.98 Å². The topological polar surface area (TPSA) is 49.3 Å². The molecule has 3 aromatic rings. The quantitative estimate of drug-likeness (QED) is 0.585. The Balaban J connectivity index is 1.80. The van der Waals surface area contributed by atoms with Crippen LogP contribution in [0.2, 0.25) is 0 Å². The predicted molar refractivity (Wildman–Crippen MR) is 114 cm³/mol. The number of rotatable bonds is 8. The van der Waals surface area contributed by atoms with Crippen molar-refractivity contribution >= 4 is 17.2 Å². The Labute approximate surface area is 170 Å². The molecular formula is C22H26N4OS. The van der Waals surface area contributed by atoms with Crippen LogP contribution in [0.1, 0.15) is 15.4 Å². The first-order chi connectivity index (χ1) is 13.5. The van der Waals surface area contributed by atoms with Gasteiger partial charge in [-0.3, -0.25) is 9.78 Å². The highest BCUT2D eigenvalue weighted by molar-refractivity contribution is 7.12. The molecule has 0 radical (unpaired) electrons. The van der Waals surface area contributed by atoms with Gasteiger partial charge in [-0.1, -0.05) is 36.4 Å². The summed E-state index contributed by atoms with van der Waals surface area (Å²) >= 11 is 1.60. The molecule has 2 aromatic heterocycles. The Morgan fingerprint density at radius 1 is 1.07 bits per heavy atom. The van der Waals surface area contributed by atoms with Crippen molar-refractivity contribution in [1.82, 2.24) is 19.8 Å². The number of thiazole rings is 1. The smallest absolute Gasteiger partial charge is 0.228 e. The maximum Gasteiger partial charge on any atom is 0.228 e. The largest absolute Gasteiger partial charge is 0.337 e. The van der Waals surface area contributed by atoms with Gasteiger partial charge in [-0.15, -0.1) is 11.3 Å². The lowest BCUT2D eigenvalue weighted by molar-refractivity contribution is -0.131. The third kappa shape index (κ3) is 5.47. The lowest BCUT2D eigenvalue weighted by Crippen LogP contribution is -2.37. The molecule has 1 amide bonds. The van der Waals surface area contributed by atoms with Crippen molar-refractivity contribution < 1.29 is 4.79 Å². The van der Waals surface area contributed by atoms with Crippen molar-refractivity contribution in [1.29, 1.82) is 0 Å². The number of nitrogens with zero attached hydrogens (tertiary/aromatic N) is 4. The summed E-state index contributed by atoms with van der Waals surface area (Å²) in [4.78, 5) is 27.1. The van der Waals surface area contributed by atoms with E-state index in [0.717, 1.165) is 33.3 Å². The first kappa shape index (κ1) is 20.2. The molecule has 6 heteroatoms. The van der Waals surface area contributed by atoms with E-state index >= 15 is 0 Å². The molecule has 146 valence electrons. The maximum absolute atomic E-state index is 13.2. The number of aryl methyl sites for hydroxylation is 1. The zero-order valence-corrected chi connectivity index (χ0v) is 17.4. The fourth-order valence-electron chi connectivity index (χ4n) is 2.98. The van der Waals surface area contributed by atoms with Gasteiger partial charge >= 0.3 is 0 Å². The Hall–Kier alpha value is -2.57. The molecule has 0 fully saturated rings. The number of amides is 1. The van der Waals surface area contributed by atoms with E-state index < -0.39 is 0 Å². The lowest BCUT2D eigenvalue weighted by Gasteiger charge is -2.24. The zero-order valence-electron chi connectivity index (χ0n) is 16.6. The first-order valence-electron chi connectivity index (χ1n) is 9.36. The van der Waals surface area contributed by atoms with Gasteiger partial charge in [0.1, 0.15) is 0 Å². The molecule has 1 aromatic carbocycles. The normalized spacial score (nSPS) is 11.0. The Morgan fingerprint density at radius 2 is 1.86 bits per heavy atom. The van der Waals surface area contributed by atoms with Gasteiger partial charge in [0.2, 0.25) is 5.91 Å². The number of carbonyl (C=O) groups excluding carboxylic acids is 1. The summed E-state index contributed by atoms with van der Waals surface area (Å²) in [5.41, 5.74) is 3.02. The van der Waals surface area contributed by atoms with E-state index in [-0.39, 0.29) is 5.91 Å². The minimum Gasteiger partial charge on any atom is -0.337 e. The highest BCUT2D eigenvalue weighted by Gasteiger charge is 2.19. The summed E-state index contributed by atoms with van der Waals surface area (Å²) in [5, 5.41) is 0.980. The van der Waals surface area contributed by atoms with Crippen LogP contribution in [0, 0.1) is 6.92 Å². The molecule has 0 aliphatic carbocycles. The molecule has 0 aliphatic heterocycles. The van der Waals surface area contributed by atoms with Gasteiger partial charge in [0.25, 0.3) is 0 Å². The summed E-state index contributed by atoms with van der Waals surface area (Å²) in [7, 11) is 4.04. The van der Waals surface area contributed by atoms with E-state index in [1.54, 1.807) is 17.5 Å². The lowest BCUT2D eigenvalue weighted by atomic mass is 10.1. The molecular weight excluding hydrogens is 368 g/mol. The van der Waals surface area contributed by atoms with Gasteiger partial charge in [0.05, 0.1) is 17.1 Å². The van der Waals surface area contributed by atoms with Crippen LogP contribution in [-0.2, 0) is 17.8 Å². The van der Waals surface area contributed by atoms with Crippen LogP contribution in [0.4, 0.5) is 0 Å². The number of hydrogen-bond donors (Lipinski definition) is 0. The van der Waals surface area contributed by atoms with Gasteiger partial charge in [-0.05, 0) is 32.6 Å². The minimum atomic E-state index is 0.117. The standard InChI is InChI=1S/C22H26N4OS/c1-17-24-22(19-9-5-4-6-10-19)20(28-17)14-21(27)26(13-12-25(2)3)16-18-8-7-11-23-15-18/h4-11,15H,12-14,16H2,1-3H3. The van der Waals surface area contributed by atoms with Crippen LogP contribution < -0.4 is 0 Å². The molecule has 0 saturated carbocycles. The van der Waals surface area contributed by atoms with Gasteiger partial charge in [0.15, 0.2) is 0 Å². The summed E-state index contributed by atoms with van der Waals surface area (Å²) in [6.07, 6.45) is 3.94. The predicted octanol–water partition coefficient (Wildman–Crippen LogP) is 3.65. The third-order valence-electron chi connectivity index (χ3n) is 4.43. The average molecular weight is 395 g/mol. The highest BCUT2D eigenvalue weighted by atomic mass is 32.1. The fourth-order valence-corrected chi connectivity index (χ4v) is 3.93. The molecule has 0 saturated heterocycles. The molecule has 0 spiro atoms. The van der Waals surface area contributed by atoms with E-state index in [9.17, 15) is 4.79 Å². The summed E-state index contributed by atoms with van der Waals surface area (Å²) in [6, 6.07) is 14.0. The van der Waals surface area contributed by atoms with Gasteiger partial charge in [0, 0.05) is 42.5 Å². The van der Waals surface area contributed by atoms with Crippen molar-refractivity contribution in [2.75, 3.05) is 27.2 Å². The number of carbonyl (C=O) groups is 1. The maximum atomic E-state index is 13.2. The van der Waals surface area contributed by atoms with Crippen molar-refractivity contribution in [3.63, 3.8) is 0 Å². The molecule has 0 atom stereocenters. The fraction of sp³-hybridized carbons (Fsp3) is 0.318. The van der Waals surface area contributed by atoms with E-state index in [1.807, 2.05) is 74.6 Å². The molecule has 28 heavy (non-hydrogen) atoms. The van der Waals surface area contributed by atoms with Crippen molar-refractivity contribution in [3.05, 3.63) is 70.3 Å². The van der Waals surface area contributed by atoms with Gasteiger partial charge in [-0.2, -0.15) is 0 Å². The van der Waals surface area contributed by atoms with Crippen LogP contribution >= 0.6 is 11.3 Å². The second-order valence-corrected chi connectivity index (χ2v) is 8.32. The Kier molecular flexibility index (Phi) is 6.90. The molecule has 3 rings (SSSR count). The van der Waals surface area contributed by atoms with Crippen LogP contribution in [0.3, 0.4) is 0 Å². The van der Waals surface area contributed by atoms with Crippen molar-refractivity contribution in [3.8, 4) is 11.3 Å². The van der Waals surface area contributed by atoms with Crippen molar-refractivity contribution in [2.45, 2.75) is 19.9 Å². The average Bonchev–Trinajstić information content (AvgIpc) is 3.06. The van der Waals surface area contributed by atoms with E-state index in [1.165, 1.54) is 0 Å². The monoisotopic (exact) mass is 394 g/mol. The minimum absolute atomic E-state index is 0.117. The molecule has 2 heterocycles. The number of pyridine rings is 1. The van der Waals surface area contributed by atoms with Crippen LogP contribution in [-0.4, -0.2) is 52.9 Å². The van der Waals surface area contributed by atoms with E-state index in [2.05, 4.69) is 14.9 Å². The van der Waals surface area contributed by atoms with Crippen molar-refractivity contribution in [2.24, 2.45) is 0 Å². The molecule has 0 bridgehead atoms. The second-order valence-electron chi connectivity index (χ2n) is 7.03. The van der Waals surface area contributed by atoms with E-state index in [0.29, 0.717) is 19.5 Å². The summed E-state index contributed by atoms with van der Waals surface area (Å²) < 4.78 is 0. The van der Waals surface area contributed by atoms with Crippen LogP contribution in [0.5, 0.6) is 0 Å². The molecule has 0 N–H and O–H groups in total. The second kappa shape index (κ2) is 9.57. The number of benzene rings is 1. The highest BCUT2D eigenvalue weighted by Crippen LogP contribution is 2.28. The van der Waals surface area contributed by atoms with E-state index in [4.69, 9.17) is 0 Å². The number of likely N-dealkylation sites (N-methyl/N-ethyl adjacent to an activating group) is 1. The van der Waals surface area contributed by atoms with Gasteiger partial charge < -0.3 is 9.80 Å². The summed E-state index contributed by atoms with van der Waals surface area (Å²) in [5.74, 6) is 0.117. The molecule has 0 aliphatic rings. The number of aromatic nitrogens is 2. The SMILES string of the molecule is Cc1nc(-c2ccccc2)c(CC(=O)N(CCN(C)C)Cc2cccnc2)s1. The Bertz CT molecular complexity index is 893. The molecule has 0 unspecified atom stereocenters. The van der Waals surface area contributed by atoms with Crippen LogP contribution in [0.15, 0.2) is 54.9 Å². The molecule has 5 nitrogen and oxygen atoms in total.